The van der Waals surface area contributed by atoms with Gasteiger partial charge in [0.2, 0.25) is 0 Å². The van der Waals surface area contributed by atoms with Crippen molar-refractivity contribution in [3.8, 4) is 5.75 Å². The molecule has 3 heteroatoms. The number of rotatable bonds is 5. The highest BCUT2D eigenvalue weighted by molar-refractivity contribution is 7.09. The van der Waals surface area contributed by atoms with Crippen LogP contribution in [0.1, 0.15) is 10.4 Å². The molecule has 0 spiro atoms. The average Bonchev–Trinajstić information content (AvgIpc) is 2.83. The molecular formula is C13H14O2S. The predicted octanol–water partition coefficient (Wildman–Crippen LogP) is 2.86. The Kier molecular flexibility index (Phi) is 3.97. The van der Waals surface area contributed by atoms with Crippen molar-refractivity contribution in [2.45, 2.75) is 13.0 Å². The maximum Gasteiger partial charge on any atom is 0.124 e. The molecular weight excluding hydrogens is 220 g/mol. The van der Waals surface area contributed by atoms with Gasteiger partial charge in [-0.05, 0) is 17.5 Å². The molecule has 1 heterocycles. The van der Waals surface area contributed by atoms with Crippen molar-refractivity contribution in [3.63, 3.8) is 0 Å². The molecule has 0 unspecified atom stereocenters. The number of hydrogen-bond acceptors (Lipinski definition) is 3. The second-order valence-electron chi connectivity index (χ2n) is 3.44. The number of hydrogen-bond donors (Lipinski definition) is 1. The standard InChI is InChI=1S/C13H14O2S/c14-10-11-4-1-2-6-13(11)15-8-7-12-5-3-9-16-12/h1-6,9,14H,7-8,10H2. The summed E-state index contributed by atoms with van der Waals surface area (Å²) < 4.78 is 5.65. The van der Waals surface area contributed by atoms with E-state index in [0.717, 1.165) is 17.7 Å². The van der Waals surface area contributed by atoms with Crippen LogP contribution in [-0.2, 0) is 13.0 Å². The van der Waals surface area contributed by atoms with Crippen LogP contribution in [0.15, 0.2) is 41.8 Å². The quantitative estimate of drug-likeness (QED) is 0.862. The summed E-state index contributed by atoms with van der Waals surface area (Å²) in [5.41, 5.74) is 0.841. The van der Waals surface area contributed by atoms with E-state index >= 15 is 0 Å². The van der Waals surface area contributed by atoms with Crippen molar-refractivity contribution in [2.24, 2.45) is 0 Å². The average molecular weight is 234 g/mol. The van der Waals surface area contributed by atoms with Gasteiger partial charge in [-0.3, -0.25) is 0 Å². The van der Waals surface area contributed by atoms with Gasteiger partial charge in [0.05, 0.1) is 13.2 Å². The molecule has 1 aromatic carbocycles. The summed E-state index contributed by atoms with van der Waals surface area (Å²) >= 11 is 1.74. The Hall–Kier alpha value is -1.32. The number of benzene rings is 1. The summed E-state index contributed by atoms with van der Waals surface area (Å²) in [6.07, 6.45) is 0.914. The third kappa shape index (κ3) is 2.84. The first kappa shape index (κ1) is 11.2. The minimum Gasteiger partial charge on any atom is -0.493 e. The molecule has 0 atom stereocenters. The van der Waals surface area contributed by atoms with E-state index in [1.54, 1.807) is 11.3 Å². The normalized spacial score (nSPS) is 10.3. The van der Waals surface area contributed by atoms with E-state index in [1.165, 1.54) is 4.88 Å². The predicted molar refractivity (Wildman–Crippen MR) is 65.9 cm³/mol. The van der Waals surface area contributed by atoms with Crippen LogP contribution in [0.2, 0.25) is 0 Å². The topological polar surface area (TPSA) is 29.5 Å². The van der Waals surface area contributed by atoms with Gasteiger partial charge in [-0.25, -0.2) is 0 Å². The third-order valence-corrected chi connectivity index (χ3v) is 3.27. The molecule has 2 rings (SSSR count). The van der Waals surface area contributed by atoms with Crippen LogP contribution in [-0.4, -0.2) is 11.7 Å². The van der Waals surface area contributed by atoms with Crippen molar-refractivity contribution < 1.29 is 9.84 Å². The Labute approximate surface area is 99.1 Å². The molecule has 0 saturated carbocycles. The van der Waals surface area contributed by atoms with Crippen molar-refractivity contribution in [2.75, 3.05) is 6.61 Å². The van der Waals surface area contributed by atoms with Crippen molar-refractivity contribution >= 4 is 11.3 Å². The van der Waals surface area contributed by atoms with E-state index < -0.39 is 0 Å². The zero-order chi connectivity index (χ0) is 11.2. The molecule has 0 bridgehead atoms. The minimum absolute atomic E-state index is 0.0230. The Bertz CT molecular complexity index is 423. The zero-order valence-electron chi connectivity index (χ0n) is 8.93. The fraction of sp³-hybridized carbons (Fsp3) is 0.231. The second kappa shape index (κ2) is 5.68. The van der Waals surface area contributed by atoms with Crippen LogP contribution in [0.5, 0.6) is 5.75 Å². The molecule has 0 aliphatic rings. The Balaban J connectivity index is 1.89. The summed E-state index contributed by atoms with van der Waals surface area (Å²) in [5, 5.41) is 11.2. The first-order chi connectivity index (χ1) is 7.90. The van der Waals surface area contributed by atoms with Gasteiger partial charge in [-0.1, -0.05) is 24.3 Å². The van der Waals surface area contributed by atoms with E-state index in [9.17, 15) is 0 Å². The van der Waals surface area contributed by atoms with Gasteiger partial charge in [0.1, 0.15) is 5.75 Å². The SMILES string of the molecule is OCc1ccccc1OCCc1cccs1. The monoisotopic (exact) mass is 234 g/mol. The Morgan fingerprint density at radius 2 is 2.00 bits per heavy atom. The van der Waals surface area contributed by atoms with Crippen molar-refractivity contribution in [3.05, 3.63) is 52.2 Å². The molecule has 16 heavy (non-hydrogen) atoms. The molecule has 84 valence electrons. The number of aliphatic hydroxyl groups excluding tert-OH is 1. The van der Waals surface area contributed by atoms with Crippen LogP contribution < -0.4 is 4.74 Å². The summed E-state index contributed by atoms with van der Waals surface area (Å²) in [7, 11) is 0. The maximum absolute atomic E-state index is 9.12. The van der Waals surface area contributed by atoms with Gasteiger partial charge >= 0.3 is 0 Å². The van der Waals surface area contributed by atoms with Crippen LogP contribution in [0.25, 0.3) is 0 Å². The highest BCUT2D eigenvalue weighted by atomic mass is 32.1. The smallest absolute Gasteiger partial charge is 0.124 e. The molecule has 1 N–H and O–H groups in total. The lowest BCUT2D eigenvalue weighted by atomic mass is 10.2. The first-order valence-electron chi connectivity index (χ1n) is 5.24. The Morgan fingerprint density at radius 1 is 1.12 bits per heavy atom. The highest BCUT2D eigenvalue weighted by Gasteiger charge is 2.01. The Morgan fingerprint density at radius 3 is 2.75 bits per heavy atom. The number of thiophene rings is 1. The fourth-order valence-corrected chi connectivity index (χ4v) is 2.18. The second-order valence-corrected chi connectivity index (χ2v) is 4.48. The van der Waals surface area contributed by atoms with Gasteiger partial charge < -0.3 is 9.84 Å². The van der Waals surface area contributed by atoms with E-state index in [-0.39, 0.29) is 6.61 Å². The van der Waals surface area contributed by atoms with Crippen LogP contribution in [0.3, 0.4) is 0 Å². The van der Waals surface area contributed by atoms with Crippen LogP contribution in [0.4, 0.5) is 0 Å². The highest BCUT2D eigenvalue weighted by Crippen LogP contribution is 2.18. The van der Waals surface area contributed by atoms with Gasteiger partial charge in [0.25, 0.3) is 0 Å². The van der Waals surface area contributed by atoms with Gasteiger partial charge in [0, 0.05) is 16.9 Å². The molecule has 0 fully saturated rings. The molecule has 0 saturated heterocycles. The lowest BCUT2D eigenvalue weighted by Gasteiger charge is -2.08. The lowest BCUT2D eigenvalue weighted by Crippen LogP contribution is -2.02. The van der Waals surface area contributed by atoms with Crippen LogP contribution >= 0.6 is 11.3 Å². The molecule has 0 aliphatic carbocycles. The van der Waals surface area contributed by atoms with Gasteiger partial charge in [-0.15, -0.1) is 11.3 Å². The first-order valence-corrected chi connectivity index (χ1v) is 6.12. The minimum atomic E-state index is 0.0230. The van der Waals surface area contributed by atoms with Crippen LogP contribution in [0, 0.1) is 0 Å². The summed E-state index contributed by atoms with van der Waals surface area (Å²) in [4.78, 5) is 1.32. The molecule has 2 aromatic rings. The maximum atomic E-state index is 9.12. The molecule has 1 aromatic heterocycles. The van der Waals surface area contributed by atoms with Crippen molar-refractivity contribution in [1.29, 1.82) is 0 Å². The largest absolute Gasteiger partial charge is 0.493 e. The lowest BCUT2D eigenvalue weighted by molar-refractivity contribution is 0.264. The number of ether oxygens (including phenoxy) is 1. The third-order valence-electron chi connectivity index (χ3n) is 2.33. The van der Waals surface area contributed by atoms with Gasteiger partial charge in [0.15, 0.2) is 0 Å². The summed E-state index contributed by atoms with van der Waals surface area (Å²) in [5.74, 6) is 0.779. The summed E-state index contributed by atoms with van der Waals surface area (Å²) in [6, 6.07) is 11.7. The fourth-order valence-electron chi connectivity index (χ4n) is 1.49. The molecule has 0 amide bonds. The van der Waals surface area contributed by atoms with Gasteiger partial charge in [-0.2, -0.15) is 0 Å². The molecule has 0 radical (unpaired) electrons. The number of para-hydroxylation sites is 1. The molecule has 2 nitrogen and oxygen atoms in total. The van der Waals surface area contributed by atoms with E-state index in [2.05, 4.69) is 11.4 Å². The zero-order valence-corrected chi connectivity index (χ0v) is 9.74. The van der Waals surface area contributed by atoms with E-state index in [4.69, 9.17) is 9.84 Å². The summed E-state index contributed by atoms with van der Waals surface area (Å²) in [6.45, 7) is 0.673. The van der Waals surface area contributed by atoms with E-state index in [0.29, 0.717) is 6.61 Å². The molecule has 0 aliphatic heterocycles. The number of aliphatic hydroxyl groups is 1. The van der Waals surface area contributed by atoms with E-state index in [1.807, 2.05) is 30.3 Å². The van der Waals surface area contributed by atoms with Crippen molar-refractivity contribution in [1.82, 2.24) is 0 Å².